The molecule has 3 aromatic carbocycles. The first kappa shape index (κ1) is 16.8. The van der Waals surface area contributed by atoms with Gasteiger partial charge >= 0.3 is 5.91 Å². The Morgan fingerprint density at radius 3 is 2.00 bits per heavy atom. The topological polar surface area (TPSA) is 75.2 Å². The van der Waals surface area contributed by atoms with Gasteiger partial charge in [-0.15, -0.1) is 4.91 Å². The summed E-state index contributed by atoms with van der Waals surface area (Å²) in [6, 6.07) is 20.1. The van der Waals surface area contributed by atoms with Crippen LogP contribution in [0.25, 0.3) is 33.3 Å². The first-order valence-corrected chi connectivity index (χ1v) is 8.60. The van der Waals surface area contributed by atoms with Crippen molar-refractivity contribution in [3.8, 4) is 22.3 Å². The third-order valence-electron chi connectivity index (χ3n) is 4.62. The number of benzene rings is 3. The summed E-state index contributed by atoms with van der Waals surface area (Å²) in [5.74, 6) is -0.138. The number of nitroso groups, excluding NO2 is 1. The summed E-state index contributed by atoms with van der Waals surface area (Å²) in [5.41, 5.74) is 6.64. The second-order valence-electron chi connectivity index (χ2n) is 6.58. The summed E-state index contributed by atoms with van der Waals surface area (Å²) in [4.78, 5) is 30.2. The third kappa shape index (κ3) is 3.15. The minimum absolute atomic E-state index is 0.212. The molecule has 0 atom stereocenters. The van der Waals surface area contributed by atoms with Gasteiger partial charge in [-0.25, -0.2) is 4.98 Å². The summed E-state index contributed by atoms with van der Waals surface area (Å²) in [7, 11) is 0. The molecule has 0 radical (unpaired) electrons. The molecule has 0 aliphatic heterocycles. The van der Waals surface area contributed by atoms with Gasteiger partial charge in [0, 0.05) is 5.18 Å². The number of amides is 1. The van der Waals surface area contributed by atoms with E-state index in [1.165, 1.54) is 5.56 Å². The van der Waals surface area contributed by atoms with Gasteiger partial charge in [0.05, 0.1) is 11.1 Å². The molecule has 1 amide bonds. The quantitative estimate of drug-likeness (QED) is 0.499. The molecule has 4 rings (SSSR count). The molecular weight excluding hydrogens is 338 g/mol. The number of rotatable bonds is 3. The van der Waals surface area contributed by atoms with Crippen LogP contribution in [0.4, 0.5) is 0 Å². The average Bonchev–Trinajstić information content (AvgIpc) is 3.07. The summed E-state index contributed by atoms with van der Waals surface area (Å²) < 4.78 is 0. The van der Waals surface area contributed by atoms with E-state index in [0.29, 0.717) is 16.9 Å². The Morgan fingerprint density at radius 1 is 0.852 bits per heavy atom. The van der Waals surface area contributed by atoms with Crippen LogP contribution in [0.2, 0.25) is 0 Å². The molecule has 0 aliphatic rings. The molecular formula is C22H17N3O2. The fourth-order valence-corrected chi connectivity index (χ4v) is 3.22. The van der Waals surface area contributed by atoms with E-state index >= 15 is 0 Å². The van der Waals surface area contributed by atoms with Crippen LogP contribution in [-0.2, 0) is 0 Å². The van der Waals surface area contributed by atoms with Crippen molar-refractivity contribution < 1.29 is 4.79 Å². The van der Waals surface area contributed by atoms with Crippen LogP contribution in [0.5, 0.6) is 0 Å². The standard InChI is InChI=1S/C22H17N3O2/c1-13-3-5-15(6-4-13)16-7-9-17(10-8-16)18-11-19(22(26)25-27)21-20(12-18)23-14(2)24-21/h3-12H,1-2H3,(H,23,24). The fraction of sp³-hybridized carbons (Fsp3) is 0.0909. The molecule has 1 aromatic heterocycles. The Kier molecular flexibility index (Phi) is 4.12. The van der Waals surface area contributed by atoms with E-state index in [9.17, 15) is 9.70 Å². The van der Waals surface area contributed by atoms with E-state index in [4.69, 9.17) is 0 Å². The van der Waals surface area contributed by atoms with Gasteiger partial charge < -0.3 is 4.98 Å². The van der Waals surface area contributed by atoms with Crippen molar-refractivity contribution in [1.29, 1.82) is 0 Å². The summed E-state index contributed by atoms with van der Waals surface area (Å²) >= 11 is 0. The summed E-state index contributed by atoms with van der Waals surface area (Å²) in [6.07, 6.45) is 0. The smallest absolute Gasteiger partial charge is 0.319 e. The normalized spacial score (nSPS) is 10.9. The highest BCUT2D eigenvalue weighted by Crippen LogP contribution is 2.29. The van der Waals surface area contributed by atoms with Crippen LogP contribution in [0.1, 0.15) is 21.7 Å². The van der Waals surface area contributed by atoms with Crippen molar-refractivity contribution >= 4 is 16.9 Å². The number of fused-ring (bicyclic) bond motifs is 1. The zero-order valence-electron chi connectivity index (χ0n) is 15.0. The molecule has 27 heavy (non-hydrogen) atoms. The van der Waals surface area contributed by atoms with Crippen molar-refractivity contribution in [1.82, 2.24) is 9.97 Å². The molecule has 0 unspecified atom stereocenters. The van der Waals surface area contributed by atoms with Gasteiger partial charge in [0.2, 0.25) is 0 Å². The highest BCUT2D eigenvalue weighted by Gasteiger charge is 2.16. The zero-order chi connectivity index (χ0) is 19.0. The number of aromatic nitrogens is 2. The summed E-state index contributed by atoms with van der Waals surface area (Å²) in [5, 5.41) is 2.57. The van der Waals surface area contributed by atoms with Gasteiger partial charge in [0.15, 0.2) is 0 Å². The van der Waals surface area contributed by atoms with Crippen molar-refractivity contribution in [2.24, 2.45) is 5.18 Å². The number of nitrogens with one attached hydrogen (secondary N) is 1. The van der Waals surface area contributed by atoms with Gasteiger partial charge in [0.1, 0.15) is 11.3 Å². The highest BCUT2D eigenvalue weighted by molar-refractivity contribution is 6.07. The number of hydrogen-bond acceptors (Lipinski definition) is 3. The lowest BCUT2D eigenvalue weighted by molar-refractivity contribution is 0.100. The number of H-pyrrole nitrogens is 1. The second-order valence-corrected chi connectivity index (χ2v) is 6.58. The Bertz CT molecular complexity index is 1160. The maximum atomic E-state index is 12.0. The molecule has 0 saturated heterocycles. The molecule has 0 aliphatic carbocycles. The minimum Gasteiger partial charge on any atom is -0.342 e. The Morgan fingerprint density at radius 2 is 1.41 bits per heavy atom. The van der Waals surface area contributed by atoms with E-state index in [0.717, 1.165) is 22.3 Å². The van der Waals surface area contributed by atoms with Crippen molar-refractivity contribution in [2.45, 2.75) is 13.8 Å². The lowest BCUT2D eigenvalue weighted by Crippen LogP contribution is -1.96. The fourth-order valence-electron chi connectivity index (χ4n) is 3.22. The van der Waals surface area contributed by atoms with Crippen LogP contribution in [0.15, 0.2) is 65.8 Å². The predicted octanol–water partition coefficient (Wildman–Crippen LogP) is 5.42. The van der Waals surface area contributed by atoms with Gasteiger partial charge in [0.25, 0.3) is 0 Å². The van der Waals surface area contributed by atoms with E-state index in [1.807, 2.05) is 30.3 Å². The molecule has 4 aromatic rings. The van der Waals surface area contributed by atoms with Gasteiger partial charge in [-0.05, 0) is 48.2 Å². The number of aromatic amines is 1. The number of carbonyl (C=O) groups excluding carboxylic acids is 1. The van der Waals surface area contributed by atoms with Crippen LogP contribution >= 0.6 is 0 Å². The molecule has 0 fully saturated rings. The van der Waals surface area contributed by atoms with Crippen LogP contribution in [-0.4, -0.2) is 15.9 Å². The van der Waals surface area contributed by atoms with Crippen LogP contribution < -0.4 is 0 Å². The average molecular weight is 355 g/mol. The zero-order valence-corrected chi connectivity index (χ0v) is 15.0. The second kappa shape index (κ2) is 6.61. The predicted molar refractivity (Wildman–Crippen MR) is 107 cm³/mol. The number of nitrogens with zero attached hydrogens (tertiary/aromatic N) is 2. The molecule has 5 nitrogen and oxygen atoms in total. The lowest BCUT2D eigenvalue weighted by atomic mass is 9.98. The number of carbonyl (C=O) groups is 1. The minimum atomic E-state index is -0.815. The Balaban J connectivity index is 1.78. The van der Waals surface area contributed by atoms with Crippen molar-refractivity contribution in [3.63, 3.8) is 0 Å². The molecule has 5 heteroatoms. The van der Waals surface area contributed by atoms with Crippen molar-refractivity contribution in [2.75, 3.05) is 0 Å². The third-order valence-corrected chi connectivity index (χ3v) is 4.62. The van der Waals surface area contributed by atoms with Gasteiger partial charge in [-0.2, -0.15) is 0 Å². The Labute approximate surface area is 156 Å². The molecule has 0 bridgehead atoms. The maximum Gasteiger partial charge on any atom is 0.319 e. The number of imidazole rings is 1. The largest absolute Gasteiger partial charge is 0.342 e. The summed E-state index contributed by atoms with van der Waals surface area (Å²) in [6.45, 7) is 3.87. The van der Waals surface area contributed by atoms with E-state index in [1.54, 1.807) is 13.0 Å². The molecule has 0 spiro atoms. The number of aryl methyl sites for hydroxylation is 2. The van der Waals surface area contributed by atoms with Crippen LogP contribution in [0.3, 0.4) is 0 Å². The highest BCUT2D eigenvalue weighted by atomic mass is 16.3. The van der Waals surface area contributed by atoms with Crippen molar-refractivity contribution in [3.05, 3.63) is 82.5 Å². The maximum absolute atomic E-state index is 12.0. The lowest BCUT2D eigenvalue weighted by Gasteiger charge is -2.07. The Hall–Kier alpha value is -3.60. The first-order valence-electron chi connectivity index (χ1n) is 8.60. The van der Waals surface area contributed by atoms with E-state index < -0.39 is 5.91 Å². The molecule has 132 valence electrons. The first-order chi connectivity index (χ1) is 13.0. The van der Waals surface area contributed by atoms with E-state index in [-0.39, 0.29) is 5.56 Å². The number of hydrogen-bond donors (Lipinski definition) is 1. The molecule has 0 saturated carbocycles. The van der Waals surface area contributed by atoms with E-state index in [2.05, 4.69) is 46.3 Å². The monoisotopic (exact) mass is 355 g/mol. The van der Waals surface area contributed by atoms with Gasteiger partial charge in [-0.1, -0.05) is 54.1 Å². The molecule has 1 heterocycles. The molecule has 1 N–H and O–H groups in total. The SMILES string of the molecule is Cc1ccc(-c2ccc(-c3cc(C(=O)N=O)c4nc(C)[nH]c4c3)cc2)cc1. The van der Waals surface area contributed by atoms with Gasteiger partial charge in [-0.3, -0.25) is 4.79 Å². The van der Waals surface area contributed by atoms with Crippen LogP contribution in [0, 0.1) is 18.8 Å².